The minimum absolute atomic E-state index is 0.0213. The summed E-state index contributed by atoms with van der Waals surface area (Å²) in [5.74, 6) is 0. The molecule has 6 nitrogen and oxygen atoms in total. The predicted molar refractivity (Wildman–Crippen MR) is 108 cm³/mol. The van der Waals surface area contributed by atoms with Gasteiger partial charge in [-0.15, -0.1) is 0 Å². The van der Waals surface area contributed by atoms with E-state index >= 15 is 0 Å². The fraction of sp³-hybridized carbons (Fsp3) is 0.250. The summed E-state index contributed by atoms with van der Waals surface area (Å²) in [7, 11) is -0.700. The van der Waals surface area contributed by atoms with Crippen molar-refractivity contribution < 1.29 is 21.6 Å². The summed E-state index contributed by atoms with van der Waals surface area (Å²) in [6, 6.07) is 13.6. The lowest BCUT2D eigenvalue weighted by molar-refractivity contribution is -0.143. The molecule has 0 amide bonds. The second kappa shape index (κ2) is 8.21. The van der Waals surface area contributed by atoms with Gasteiger partial charge in [0, 0.05) is 17.7 Å². The van der Waals surface area contributed by atoms with E-state index in [-0.39, 0.29) is 33.8 Å². The molecule has 160 valence electrons. The predicted octanol–water partition coefficient (Wildman–Crippen LogP) is 3.44. The van der Waals surface area contributed by atoms with Gasteiger partial charge in [0.15, 0.2) is 5.69 Å². The van der Waals surface area contributed by atoms with Gasteiger partial charge in [0.05, 0.1) is 11.4 Å². The van der Waals surface area contributed by atoms with Gasteiger partial charge in [0.1, 0.15) is 5.69 Å². The molecule has 3 rings (SSSR count). The van der Waals surface area contributed by atoms with Gasteiger partial charge >= 0.3 is 6.18 Å². The highest BCUT2D eigenvalue weighted by atomic mass is 32.2. The average molecular weight is 438 g/mol. The van der Waals surface area contributed by atoms with E-state index in [1.165, 1.54) is 36.4 Å². The Bertz CT molecular complexity index is 1140. The van der Waals surface area contributed by atoms with Gasteiger partial charge in [0.25, 0.3) is 0 Å². The Balaban J connectivity index is 2.39. The summed E-state index contributed by atoms with van der Waals surface area (Å²) >= 11 is 0. The topological polar surface area (TPSA) is 81.2 Å². The molecular weight excluding hydrogens is 417 g/mol. The van der Waals surface area contributed by atoms with Crippen LogP contribution < -0.4 is 5.14 Å². The molecule has 0 unspecified atom stereocenters. The van der Waals surface area contributed by atoms with E-state index in [0.717, 1.165) is 4.68 Å². The Kier molecular flexibility index (Phi) is 6.02. The van der Waals surface area contributed by atoms with Crippen LogP contribution in [0.4, 0.5) is 13.2 Å². The zero-order valence-corrected chi connectivity index (χ0v) is 17.2. The number of hydrogen-bond donors (Lipinski definition) is 1. The lowest BCUT2D eigenvalue weighted by Crippen LogP contribution is -2.23. The van der Waals surface area contributed by atoms with Gasteiger partial charge in [-0.1, -0.05) is 48.5 Å². The lowest BCUT2D eigenvalue weighted by atomic mass is 9.98. The average Bonchev–Trinajstić information content (AvgIpc) is 3.06. The maximum Gasteiger partial charge on any atom is 0.433 e. The first-order chi connectivity index (χ1) is 14.0. The molecule has 1 aromatic heterocycles. The molecule has 0 bridgehead atoms. The van der Waals surface area contributed by atoms with Crippen molar-refractivity contribution in [3.63, 3.8) is 0 Å². The van der Waals surface area contributed by atoms with Crippen LogP contribution in [0.1, 0.15) is 5.69 Å². The summed E-state index contributed by atoms with van der Waals surface area (Å²) in [6.07, 6.45) is -4.71. The van der Waals surface area contributed by atoms with E-state index in [4.69, 9.17) is 5.14 Å². The smallest absolute Gasteiger partial charge is 0.308 e. The van der Waals surface area contributed by atoms with Crippen molar-refractivity contribution in [3.8, 4) is 22.4 Å². The summed E-state index contributed by atoms with van der Waals surface area (Å²) in [5.41, 5.74) is -0.905. The van der Waals surface area contributed by atoms with Gasteiger partial charge in [-0.05, 0) is 25.7 Å². The number of alkyl halides is 3. The fourth-order valence-corrected chi connectivity index (χ4v) is 3.92. The molecule has 30 heavy (non-hydrogen) atoms. The van der Waals surface area contributed by atoms with Crippen molar-refractivity contribution in [2.45, 2.75) is 17.6 Å². The number of nitrogens with two attached hydrogens (primary N) is 1. The number of sulfonamides is 1. The number of benzene rings is 2. The number of rotatable bonds is 6. The first-order valence-corrected chi connectivity index (χ1v) is 10.5. The highest BCUT2D eigenvalue weighted by Gasteiger charge is 2.41. The molecule has 2 N–H and O–H groups in total. The van der Waals surface area contributed by atoms with Crippen LogP contribution in [0.3, 0.4) is 0 Å². The minimum atomic E-state index is -4.71. The van der Waals surface area contributed by atoms with E-state index in [0.29, 0.717) is 6.54 Å². The van der Waals surface area contributed by atoms with Gasteiger partial charge in [0.2, 0.25) is 10.0 Å². The second-order valence-electron chi connectivity index (χ2n) is 7.00. The first-order valence-electron chi connectivity index (χ1n) is 9.00. The van der Waals surface area contributed by atoms with E-state index < -0.39 is 21.9 Å². The zero-order valence-electron chi connectivity index (χ0n) is 16.4. The van der Waals surface area contributed by atoms with Crippen LogP contribution in [0.2, 0.25) is 0 Å². The SMILES string of the molecule is CN(C)CCn1nc(-c2ccccc2S(N)(=O)=O)c(-c2ccccc2)c1C(F)(F)F. The van der Waals surface area contributed by atoms with E-state index in [2.05, 4.69) is 5.10 Å². The Labute approximate surface area is 172 Å². The third-order valence-corrected chi connectivity index (χ3v) is 5.46. The van der Waals surface area contributed by atoms with E-state index in [1.54, 1.807) is 37.2 Å². The van der Waals surface area contributed by atoms with Gasteiger partial charge in [-0.25, -0.2) is 13.6 Å². The largest absolute Gasteiger partial charge is 0.433 e. The highest BCUT2D eigenvalue weighted by molar-refractivity contribution is 7.89. The molecule has 0 aliphatic heterocycles. The molecule has 0 aliphatic carbocycles. The van der Waals surface area contributed by atoms with Gasteiger partial charge in [-0.2, -0.15) is 18.3 Å². The molecule has 0 fully saturated rings. The Morgan fingerprint density at radius 3 is 2.20 bits per heavy atom. The maximum atomic E-state index is 14.2. The van der Waals surface area contributed by atoms with Crippen molar-refractivity contribution >= 4 is 10.0 Å². The van der Waals surface area contributed by atoms with Crippen LogP contribution in [0.25, 0.3) is 22.4 Å². The summed E-state index contributed by atoms with van der Waals surface area (Å²) in [4.78, 5) is 1.45. The molecule has 1 heterocycles. The standard InChI is InChI=1S/C20H21F3N4O2S/c1-26(2)12-13-27-19(20(21,22)23)17(14-8-4-3-5-9-14)18(25-27)15-10-6-7-11-16(15)30(24,28)29/h3-11H,12-13H2,1-2H3,(H2,24,28,29). The molecule has 3 aromatic rings. The van der Waals surface area contributed by atoms with Gasteiger partial charge in [-0.3, -0.25) is 4.68 Å². The molecule has 0 saturated heterocycles. The van der Waals surface area contributed by atoms with Crippen molar-refractivity contribution in [1.29, 1.82) is 0 Å². The van der Waals surface area contributed by atoms with Gasteiger partial charge < -0.3 is 4.90 Å². The third kappa shape index (κ3) is 4.55. The normalized spacial score (nSPS) is 12.5. The number of hydrogen-bond acceptors (Lipinski definition) is 4. The van der Waals surface area contributed by atoms with E-state index in [9.17, 15) is 21.6 Å². The molecule has 2 aromatic carbocycles. The molecule has 0 spiro atoms. The van der Waals surface area contributed by atoms with Crippen molar-refractivity contribution in [1.82, 2.24) is 14.7 Å². The molecule has 0 atom stereocenters. The number of halogens is 3. The third-order valence-electron chi connectivity index (χ3n) is 4.49. The van der Waals surface area contributed by atoms with E-state index in [1.807, 2.05) is 0 Å². The molecular formula is C20H21F3N4O2S. The van der Waals surface area contributed by atoms with Crippen LogP contribution in [0.5, 0.6) is 0 Å². The number of primary sulfonamides is 1. The molecule has 10 heteroatoms. The van der Waals surface area contributed by atoms with Crippen LogP contribution >= 0.6 is 0 Å². The first kappa shape index (κ1) is 22.0. The highest BCUT2D eigenvalue weighted by Crippen LogP contribution is 2.43. The Hall–Kier alpha value is -2.69. The van der Waals surface area contributed by atoms with Crippen molar-refractivity contribution in [2.75, 3.05) is 20.6 Å². The summed E-state index contributed by atoms with van der Waals surface area (Å²) < 4.78 is 67.6. The number of nitrogens with zero attached hydrogens (tertiary/aromatic N) is 3. The zero-order chi connectivity index (χ0) is 22.1. The van der Waals surface area contributed by atoms with Crippen LogP contribution in [-0.2, 0) is 22.7 Å². The summed E-state index contributed by atoms with van der Waals surface area (Å²) in [5, 5.41) is 9.54. The maximum absolute atomic E-state index is 14.2. The van der Waals surface area contributed by atoms with Crippen molar-refractivity contribution in [2.24, 2.45) is 5.14 Å². The lowest BCUT2D eigenvalue weighted by Gasteiger charge is -2.15. The molecule has 0 saturated carbocycles. The van der Waals surface area contributed by atoms with Crippen LogP contribution in [0, 0.1) is 0 Å². The minimum Gasteiger partial charge on any atom is -0.308 e. The molecule has 0 aliphatic rings. The summed E-state index contributed by atoms with van der Waals surface area (Å²) in [6.45, 7) is 0.286. The Morgan fingerprint density at radius 2 is 1.63 bits per heavy atom. The second-order valence-corrected chi connectivity index (χ2v) is 8.53. The fourth-order valence-electron chi connectivity index (χ4n) is 3.18. The quantitative estimate of drug-likeness (QED) is 0.639. The van der Waals surface area contributed by atoms with Crippen LogP contribution in [0.15, 0.2) is 59.5 Å². The van der Waals surface area contributed by atoms with Crippen molar-refractivity contribution in [3.05, 3.63) is 60.3 Å². The number of likely N-dealkylation sites (N-methyl/N-ethyl adjacent to an activating group) is 1. The number of aromatic nitrogens is 2. The monoisotopic (exact) mass is 438 g/mol. The van der Waals surface area contributed by atoms with Crippen LogP contribution in [-0.4, -0.2) is 43.7 Å². The molecule has 0 radical (unpaired) electrons. The Morgan fingerprint density at radius 1 is 1.03 bits per heavy atom.